The third-order valence-electron chi connectivity index (χ3n) is 2.70. The van der Waals surface area contributed by atoms with E-state index in [0.29, 0.717) is 23.5 Å². The van der Waals surface area contributed by atoms with Crippen molar-refractivity contribution in [2.75, 3.05) is 0 Å². The van der Waals surface area contributed by atoms with Gasteiger partial charge in [0.2, 0.25) is 0 Å². The monoisotopic (exact) mass is 274 g/mol. The van der Waals surface area contributed by atoms with E-state index in [1.807, 2.05) is 0 Å². The Morgan fingerprint density at radius 3 is 1.60 bits per heavy atom. The zero-order valence-electron chi connectivity index (χ0n) is 12.5. The fourth-order valence-electron chi connectivity index (χ4n) is 1.89. The van der Waals surface area contributed by atoms with E-state index >= 15 is 0 Å². The van der Waals surface area contributed by atoms with Crippen LogP contribution >= 0.6 is 0 Å². The lowest BCUT2D eigenvalue weighted by atomic mass is 10.1. The van der Waals surface area contributed by atoms with E-state index in [2.05, 4.69) is 57.9 Å². The number of hydrogen-bond acceptors (Lipinski definition) is 4. The summed E-state index contributed by atoms with van der Waals surface area (Å²) in [5.41, 5.74) is 0. The summed E-state index contributed by atoms with van der Waals surface area (Å²) in [6, 6.07) is 0. The van der Waals surface area contributed by atoms with E-state index in [4.69, 9.17) is 0 Å². The van der Waals surface area contributed by atoms with Crippen molar-refractivity contribution in [2.24, 2.45) is 22.1 Å². The van der Waals surface area contributed by atoms with Crippen LogP contribution in [0.1, 0.15) is 39.3 Å². The normalized spacial score (nSPS) is 12.1. The van der Waals surface area contributed by atoms with Crippen LogP contribution in [-0.2, 0) is 12.8 Å². The second-order valence-electron chi connectivity index (χ2n) is 5.83. The Morgan fingerprint density at radius 2 is 1.25 bits per heavy atom. The lowest BCUT2D eigenvalue weighted by Gasteiger charge is -1.98. The first-order chi connectivity index (χ1) is 9.52. The van der Waals surface area contributed by atoms with Gasteiger partial charge in [0.05, 0.1) is 12.4 Å². The van der Waals surface area contributed by atoms with E-state index in [-0.39, 0.29) is 0 Å². The molecule has 0 unspecified atom stereocenters. The van der Waals surface area contributed by atoms with Gasteiger partial charge >= 0.3 is 0 Å². The number of aromatic amines is 2. The van der Waals surface area contributed by atoms with Crippen LogP contribution < -0.4 is 0 Å². The number of nitrogens with one attached hydrogen (secondary N) is 2. The number of azo groups is 1. The molecule has 0 aliphatic rings. The Bertz CT molecular complexity index is 513. The van der Waals surface area contributed by atoms with Gasteiger partial charge in [0.1, 0.15) is 11.6 Å². The van der Waals surface area contributed by atoms with Gasteiger partial charge < -0.3 is 9.97 Å². The van der Waals surface area contributed by atoms with Crippen LogP contribution in [0.4, 0.5) is 11.6 Å². The van der Waals surface area contributed by atoms with Crippen LogP contribution in [0.3, 0.4) is 0 Å². The second-order valence-corrected chi connectivity index (χ2v) is 5.83. The summed E-state index contributed by atoms with van der Waals surface area (Å²) in [5, 5.41) is 8.27. The quantitative estimate of drug-likeness (QED) is 0.782. The minimum Gasteiger partial charge on any atom is -0.326 e. The van der Waals surface area contributed by atoms with Crippen LogP contribution in [0.15, 0.2) is 22.6 Å². The maximum atomic E-state index is 4.28. The SMILES string of the molecule is CC(C)Cc1ncc(N=Nc2cnc(CC(C)C)[nH]2)[nH]1. The van der Waals surface area contributed by atoms with Gasteiger partial charge in [0.25, 0.3) is 0 Å². The molecule has 0 aromatic carbocycles. The van der Waals surface area contributed by atoms with Gasteiger partial charge in [-0.05, 0) is 11.8 Å². The maximum absolute atomic E-state index is 4.28. The van der Waals surface area contributed by atoms with Crippen LogP contribution in [0.2, 0.25) is 0 Å². The smallest absolute Gasteiger partial charge is 0.172 e. The van der Waals surface area contributed by atoms with Crippen molar-refractivity contribution in [3.63, 3.8) is 0 Å². The predicted octanol–water partition coefficient (Wildman–Crippen LogP) is 3.95. The van der Waals surface area contributed by atoms with E-state index in [1.54, 1.807) is 12.4 Å². The summed E-state index contributed by atoms with van der Waals surface area (Å²) in [6.45, 7) is 8.63. The summed E-state index contributed by atoms with van der Waals surface area (Å²) >= 11 is 0. The average molecular weight is 274 g/mol. The van der Waals surface area contributed by atoms with Crippen molar-refractivity contribution in [2.45, 2.75) is 40.5 Å². The molecular formula is C14H22N6. The Hall–Kier alpha value is -1.98. The first-order valence-electron chi connectivity index (χ1n) is 7.02. The Labute approximate surface area is 119 Å². The highest BCUT2D eigenvalue weighted by Gasteiger charge is 2.04. The van der Waals surface area contributed by atoms with Crippen molar-refractivity contribution < 1.29 is 0 Å². The molecule has 0 atom stereocenters. The van der Waals surface area contributed by atoms with Crippen molar-refractivity contribution in [3.8, 4) is 0 Å². The number of rotatable bonds is 6. The van der Waals surface area contributed by atoms with Crippen molar-refractivity contribution in [1.82, 2.24) is 19.9 Å². The lowest BCUT2D eigenvalue weighted by molar-refractivity contribution is 0.625. The van der Waals surface area contributed by atoms with Gasteiger partial charge in [0, 0.05) is 12.8 Å². The Morgan fingerprint density at radius 1 is 0.850 bits per heavy atom. The summed E-state index contributed by atoms with van der Waals surface area (Å²) in [4.78, 5) is 14.9. The molecule has 0 aliphatic carbocycles. The molecule has 0 saturated heterocycles. The molecule has 2 aromatic heterocycles. The molecule has 2 N–H and O–H groups in total. The van der Waals surface area contributed by atoms with E-state index in [0.717, 1.165) is 24.5 Å². The molecule has 0 bridgehead atoms. The molecule has 6 nitrogen and oxygen atoms in total. The molecule has 0 saturated carbocycles. The van der Waals surface area contributed by atoms with E-state index in [1.165, 1.54) is 0 Å². The fraction of sp³-hybridized carbons (Fsp3) is 0.571. The van der Waals surface area contributed by atoms with Gasteiger partial charge in [-0.2, -0.15) is 0 Å². The first-order valence-corrected chi connectivity index (χ1v) is 7.02. The van der Waals surface area contributed by atoms with Gasteiger partial charge in [0.15, 0.2) is 11.6 Å². The summed E-state index contributed by atoms with van der Waals surface area (Å²) in [7, 11) is 0. The minimum atomic E-state index is 0.567. The van der Waals surface area contributed by atoms with Crippen molar-refractivity contribution >= 4 is 11.6 Å². The molecule has 0 amide bonds. The third kappa shape index (κ3) is 4.29. The maximum Gasteiger partial charge on any atom is 0.172 e. The predicted molar refractivity (Wildman–Crippen MR) is 78.4 cm³/mol. The molecule has 108 valence electrons. The first kappa shape index (κ1) is 14.4. The second kappa shape index (κ2) is 6.45. The highest BCUT2D eigenvalue weighted by Crippen LogP contribution is 2.16. The molecule has 2 rings (SSSR count). The largest absolute Gasteiger partial charge is 0.326 e. The summed E-state index contributed by atoms with van der Waals surface area (Å²) in [6.07, 6.45) is 5.23. The highest BCUT2D eigenvalue weighted by molar-refractivity contribution is 5.28. The number of aromatic nitrogens is 4. The third-order valence-corrected chi connectivity index (χ3v) is 2.70. The van der Waals surface area contributed by atoms with E-state index < -0.39 is 0 Å². The lowest BCUT2D eigenvalue weighted by Crippen LogP contribution is -1.95. The zero-order chi connectivity index (χ0) is 14.5. The number of H-pyrrole nitrogens is 2. The summed E-state index contributed by atoms with van der Waals surface area (Å²) < 4.78 is 0. The average Bonchev–Trinajstić information content (AvgIpc) is 2.94. The molecule has 2 aromatic rings. The van der Waals surface area contributed by atoms with Crippen LogP contribution in [0.25, 0.3) is 0 Å². The van der Waals surface area contributed by atoms with Gasteiger partial charge in [-0.3, -0.25) is 0 Å². The molecule has 20 heavy (non-hydrogen) atoms. The van der Waals surface area contributed by atoms with Gasteiger partial charge in [-0.1, -0.05) is 27.7 Å². The van der Waals surface area contributed by atoms with Crippen LogP contribution in [-0.4, -0.2) is 19.9 Å². The number of nitrogens with zero attached hydrogens (tertiary/aromatic N) is 4. The van der Waals surface area contributed by atoms with Gasteiger partial charge in [-0.15, -0.1) is 10.2 Å². The summed E-state index contributed by atoms with van der Waals surface area (Å²) in [5.74, 6) is 4.36. The molecule has 0 radical (unpaired) electrons. The molecule has 0 aliphatic heterocycles. The van der Waals surface area contributed by atoms with E-state index in [9.17, 15) is 0 Å². The zero-order valence-corrected chi connectivity index (χ0v) is 12.5. The van der Waals surface area contributed by atoms with Crippen LogP contribution in [0.5, 0.6) is 0 Å². The number of hydrogen-bond donors (Lipinski definition) is 2. The molecule has 0 spiro atoms. The van der Waals surface area contributed by atoms with Crippen molar-refractivity contribution in [3.05, 3.63) is 24.0 Å². The highest BCUT2D eigenvalue weighted by atomic mass is 15.2. The van der Waals surface area contributed by atoms with Crippen LogP contribution in [0, 0.1) is 11.8 Å². The molecule has 2 heterocycles. The standard InChI is InChI=1S/C14H22N6/c1-9(2)5-11-15-7-13(17-11)19-20-14-8-16-12(18-14)6-10(3)4/h7-10H,5-6H2,1-4H3,(H,15,17)(H,16,18). The Balaban J connectivity index is 1.98. The van der Waals surface area contributed by atoms with Gasteiger partial charge in [-0.25, -0.2) is 9.97 Å². The fourth-order valence-corrected chi connectivity index (χ4v) is 1.89. The minimum absolute atomic E-state index is 0.567. The van der Waals surface area contributed by atoms with Crippen molar-refractivity contribution in [1.29, 1.82) is 0 Å². The molecular weight excluding hydrogens is 252 g/mol. The Kier molecular flexibility index (Phi) is 4.65. The number of imidazole rings is 2. The molecule has 0 fully saturated rings. The topological polar surface area (TPSA) is 82.1 Å². The molecule has 6 heteroatoms.